The Morgan fingerprint density at radius 1 is 1.14 bits per heavy atom. The largest absolute Gasteiger partial charge is 0.457 e. The van der Waals surface area contributed by atoms with Crippen LogP contribution in [0, 0.1) is 6.92 Å². The number of ether oxygens (including phenoxy) is 2. The number of aromatic nitrogens is 4. The maximum absolute atomic E-state index is 12.9. The van der Waals surface area contributed by atoms with Crippen LogP contribution in [0.3, 0.4) is 0 Å². The van der Waals surface area contributed by atoms with Crippen LogP contribution in [-0.2, 0) is 11.8 Å². The van der Waals surface area contributed by atoms with Crippen molar-refractivity contribution in [2.45, 2.75) is 25.8 Å². The molecule has 1 aliphatic heterocycles. The summed E-state index contributed by atoms with van der Waals surface area (Å²) >= 11 is 0. The Balaban J connectivity index is 1.43. The number of primary amides is 1. The van der Waals surface area contributed by atoms with Gasteiger partial charge in [-0.3, -0.25) is 13.9 Å². The lowest BCUT2D eigenvalue weighted by atomic mass is 10.1. The molecule has 0 atom stereocenters. The first-order valence-electron chi connectivity index (χ1n) is 11.4. The minimum Gasteiger partial charge on any atom is -0.457 e. The van der Waals surface area contributed by atoms with Gasteiger partial charge in [0.2, 0.25) is 11.9 Å². The molecule has 1 fully saturated rings. The van der Waals surface area contributed by atoms with Crippen LogP contribution < -0.4 is 21.5 Å². The van der Waals surface area contributed by atoms with Crippen molar-refractivity contribution >= 4 is 28.7 Å². The number of imidazole rings is 1. The molecule has 3 N–H and O–H groups in total. The van der Waals surface area contributed by atoms with E-state index >= 15 is 0 Å². The molecular weight excluding hydrogens is 448 g/mol. The number of nitrogens with zero attached hydrogens (tertiary/aromatic N) is 4. The molecule has 1 amide bonds. The molecule has 35 heavy (non-hydrogen) atoms. The summed E-state index contributed by atoms with van der Waals surface area (Å²) in [4.78, 5) is 33.4. The third-order valence-corrected chi connectivity index (χ3v) is 6.22. The van der Waals surface area contributed by atoms with E-state index in [1.165, 1.54) is 0 Å². The zero-order valence-electron chi connectivity index (χ0n) is 19.5. The number of carbonyl (C=O) groups is 1. The molecular formula is C25H26N6O4. The Labute approximate surface area is 201 Å². The number of aryl methyl sites for hydroxylation is 2. The van der Waals surface area contributed by atoms with E-state index in [-0.39, 0.29) is 11.7 Å². The number of carbonyl (C=O) groups excluding carboxylic acids is 1. The number of benzene rings is 2. The quantitative estimate of drug-likeness (QED) is 0.438. The lowest BCUT2D eigenvalue weighted by Crippen LogP contribution is -2.30. The van der Waals surface area contributed by atoms with Crippen LogP contribution in [0.25, 0.3) is 11.2 Å². The Bertz CT molecular complexity index is 1450. The van der Waals surface area contributed by atoms with Crippen molar-refractivity contribution in [1.82, 2.24) is 19.1 Å². The van der Waals surface area contributed by atoms with Crippen molar-refractivity contribution in [1.29, 1.82) is 0 Å². The van der Waals surface area contributed by atoms with E-state index in [4.69, 9.17) is 20.2 Å². The molecule has 0 spiro atoms. The molecule has 0 unspecified atom stereocenters. The number of hydrogen-bond donors (Lipinski definition) is 2. The summed E-state index contributed by atoms with van der Waals surface area (Å²) in [6, 6.07) is 12.3. The highest BCUT2D eigenvalue weighted by Crippen LogP contribution is 2.29. The van der Waals surface area contributed by atoms with Gasteiger partial charge in [-0.1, -0.05) is 6.07 Å². The number of nitrogens with one attached hydrogen (secondary N) is 1. The molecule has 4 aromatic rings. The van der Waals surface area contributed by atoms with E-state index in [0.29, 0.717) is 47.4 Å². The summed E-state index contributed by atoms with van der Waals surface area (Å²) in [7, 11) is 1.73. The SMILES string of the molecule is Cc1ccc(Oc2ccc(C(N)=O)cc2)cc1Nc1ncc2c(n1)n(C1CCOCC1)c(=O)n2C. The first-order chi connectivity index (χ1) is 16.9. The highest BCUT2D eigenvalue weighted by atomic mass is 16.5. The van der Waals surface area contributed by atoms with Crippen molar-refractivity contribution in [2.75, 3.05) is 18.5 Å². The van der Waals surface area contributed by atoms with Crippen LogP contribution in [-0.4, -0.2) is 38.2 Å². The molecule has 5 rings (SSSR count). The second kappa shape index (κ2) is 9.22. The number of fused-ring (bicyclic) bond motifs is 1. The molecule has 0 radical (unpaired) electrons. The molecule has 10 nitrogen and oxygen atoms in total. The van der Waals surface area contributed by atoms with Crippen LogP contribution in [0.5, 0.6) is 11.5 Å². The predicted octanol–water partition coefficient (Wildman–Crippen LogP) is 3.42. The Morgan fingerprint density at radius 3 is 2.57 bits per heavy atom. The summed E-state index contributed by atoms with van der Waals surface area (Å²) in [5.74, 6) is 1.07. The molecule has 1 saturated heterocycles. The maximum Gasteiger partial charge on any atom is 0.330 e. The van der Waals surface area contributed by atoms with Gasteiger partial charge in [0, 0.05) is 43.6 Å². The van der Waals surface area contributed by atoms with Gasteiger partial charge in [0.1, 0.15) is 17.0 Å². The highest BCUT2D eigenvalue weighted by molar-refractivity contribution is 5.92. The molecule has 0 aliphatic carbocycles. The molecule has 10 heteroatoms. The topological polar surface area (TPSA) is 126 Å². The fraction of sp³-hybridized carbons (Fsp3) is 0.280. The average Bonchev–Trinajstić information content (AvgIpc) is 3.11. The van der Waals surface area contributed by atoms with Gasteiger partial charge in [-0.15, -0.1) is 0 Å². The minimum atomic E-state index is -0.490. The minimum absolute atomic E-state index is 0.0436. The van der Waals surface area contributed by atoms with Gasteiger partial charge in [0.25, 0.3) is 0 Å². The average molecular weight is 475 g/mol. The van der Waals surface area contributed by atoms with Gasteiger partial charge in [-0.2, -0.15) is 4.98 Å². The first kappa shape index (κ1) is 22.6. The van der Waals surface area contributed by atoms with E-state index in [0.717, 1.165) is 24.1 Å². The Kier molecular flexibility index (Phi) is 5.96. The van der Waals surface area contributed by atoms with Crippen molar-refractivity contribution < 1.29 is 14.3 Å². The van der Waals surface area contributed by atoms with Gasteiger partial charge in [0.05, 0.1) is 6.20 Å². The number of hydrogen-bond acceptors (Lipinski definition) is 7. The zero-order valence-corrected chi connectivity index (χ0v) is 19.5. The summed E-state index contributed by atoms with van der Waals surface area (Å²) in [5.41, 5.74) is 8.63. The molecule has 0 bridgehead atoms. The third kappa shape index (κ3) is 4.47. The normalized spacial score (nSPS) is 14.2. The van der Waals surface area contributed by atoms with E-state index in [1.54, 1.807) is 46.6 Å². The first-order valence-corrected chi connectivity index (χ1v) is 11.4. The standard InChI is InChI=1S/C25H26N6O4/c1-15-3-6-19(35-18-7-4-16(5-8-18)22(26)32)13-20(15)28-24-27-14-21-23(29-24)31(25(33)30(21)2)17-9-11-34-12-10-17/h3-8,13-14,17H,9-12H2,1-2H3,(H2,26,32)(H,27,28,29). The molecule has 2 aromatic heterocycles. The molecule has 3 heterocycles. The smallest absolute Gasteiger partial charge is 0.330 e. The van der Waals surface area contributed by atoms with Gasteiger partial charge in [-0.05, 0) is 55.7 Å². The van der Waals surface area contributed by atoms with E-state index in [1.807, 2.05) is 25.1 Å². The zero-order chi connectivity index (χ0) is 24.5. The number of anilines is 2. The van der Waals surface area contributed by atoms with E-state index in [2.05, 4.69) is 10.3 Å². The fourth-order valence-electron chi connectivity index (χ4n) is 4.21. The van der Waals surface area contributed by atoms with Crippen LogP contribution >= 0.6 is 0 Å². The van der Waals surface area contributed by atoms with Crippen LogP contribution in [0.2, 0.25) is 0 Å². The fourth-order valence-corrected chi connectivity index (χ4v) is 4.21. The van der Waals surface area contributed by atoms with Gasteiger partial charge >= 0.3 is 5.69 Å². The lowest BCUT2D eigenvalue weighted by molar-refractivity contribution is 0.0695. The van der Waals surface area contributed by atoms with Crippen molar-refractivity contribution in [3.63, 3.8) is 0 Å². The monoisotopic (exact) mass is 474 g/mol. The van der Waals surface area contributed by atoms with Gasteiger partial charge in [0.15, 0.2) is 5.65 Å². The molecule has 180 valence electrons. The Morgan fingerprint density at radius 2 is 1.86 bits per heavy atom. The van der Waals surface area contributed by atoms with Crippen LogP contribution in [0.15, 0.2) is 53.5 Å². The predicted molar refractivity (Wildman–Crippen MR) is 131 cm³/mol. The number of amides is 1. The maximum atomic E-state index is 12.9. The third-order valence-electron chi connectivity index (χ3n) is 6.22. The summed E-state index contributed by atoms with van der Waals surface area (Å²) in [6.07, 6.45) is 3.20. The van der Waals surface area contributed by atoms with Crippen molar-refractivity contribution in [3.05, 3.63) is 70.3 Å². The molecule has 2 aromatic carbocycles. The Hall–Kier alpha value is -4.18. The van der Waals surface area contributed by atoms with Crippen molar-refractivity contribution in [2.24, 2.45) is 12.8 Å². The second-order valence-electron chi connectivity index (χ2n) is 8.55. The number of rotatable bonds is 6. The van der Waals surface area contributed by atoms with Gasteiger partial charge < -0.3 is 20.5 Å². The highest BCUT2D eigenvalue weighted by Gasteiger charge is 2.23. The van der Waals surface area contributed by atoms with Crippen molar-refractivity contribution in [3.8, 4) is 11.5 Å². The molecule has 0 saturated carbocycles. The number of nitrogens with two attached hydrogens (primary N) is 1. The molecule has 1 aliphatic rings. The van der Waals surface area contributed by atoms with Crippen LogP contribution in [0.4, 0.5) is 11.6 Å². The second-order valence-corrected chi connectivity index (χ2v) is 8.55. The van der Waals surface area contributed by atoms with Gasteiger partial charge in [-0.25, -0.2) is 9.78 Å². The summed E-state index contributed by atoms with van der Waals surface area (Å²) in [6.45, 7) is 3.22. The van der Waals surface area contributed by atoms with Crippen LogP contribution in [0.1, 0.15) is 34.8 Å². The summed E-state index contributed by atoms with van der Waals surface area (Å²) < 4.78 is 14.7. The van der Waals surface area contributed by atoms with E-state index < -0.39 is 5.91 Å². The summed E-state index contributed by atoms with van der Waals surface area (Å²) in [5, 5.41) is 3.26. The van der Waals surface area contributed by atoms with E-state index in [9.17, 15) is 9.59 Å². The lowest BCUT2D eigenvalue weighted by Gasteiger charge is -2.22.